The van der Waals surface area contributed by atoms with E-state index in [1.165, 1.54) is 12.1 Å². The fourth-order valence-electron chi connectivity index (χ4n) is 1.97. The molecule has 0 spiro atoms. The van der Waals surface area contributed by atoms with Gasteiger partial charge in [-0.05, 0) is 42.3 Å². The number of rotatable bonds is 4. The van der Waals surface area contributed by atoms with E-state index in [0.29, 0.717) is 6.54 Å². The van der Waals surface area contributed by atoms with Crippen LogP contribution in [0.1, 0.15) is 24.1 Å². The van der Waals surface area contributed by atoms with Gasteiger partial charge in [0.05, 0.1) is 6.04 Å². The standard InChI is InChI=1S/C16H18FN3O/c1-12(14-7-9-18-10-8-14)19-16(21)20(2)11-13-3-5-15(17)6-4-13/h3-10,12H,11H2,1-2H3,(H,19,21). The number of urea groups is 1. The Bertz CT molecular complexity index is 586. The van der Waals surface area contributed by atoms with Crippen molar-refractivity contribution in [1.82, 2.24) is 15.2 Å². The van der Waals surface area contributed by atoms with Gasteiger partial charge < -0.3 is 10.2 Å². The highest BCUT2D eigenvalue weighted by Crippen LogP contribution is 2.11. The Labute approximate surface area is 123 Å². The van der Waals surface area contributed by atoms with E-state index in [1.807, 2.05) is 19.1 Å². The van der Waals surface area contributed by atoms with Gasteiger partial charge in [0.25, 0.3) is 0 Å². The van der Waals surface area contributed by atoms with Crippen LogP contribution in [0.5, 0.6) is 0 Å². The summed E-state index contributed by atoms with van der Waals surface area (Å²) in [5, 5.41) is 2.91. The second kappa shape index (κ2) is 6.83. The van der Waals surface area contributed by atoms with Gasteiger partial charge in [-0.3, -0.25) is 4.98 Å². The average molecular weight is 287 g/mol. The van der Waals surface area contributed by atoms with Crippen molar-refractivity contribution in [3.05, 3.63) is 65.7 Å². The first-order chi connectivity index (χ1) is 10.1. The summed E-state index contributed by atoms with van der Waals surface area (Å²) in [4.78, 5) is 17.6. The number of halogens is 1. The van der Waals surface area contributed by atoms with Crippen LogP contribution < -0.4 is 5.32 Å². The molecule has 1 N–H and O–H groups in total. The van der Waals surface area contributed by atoms with Gasteiger partial charge in [0.1, 0.15) is 5.82 Å². The summed E-state index contributed by atoms with van der Waals surface area (Å²) in [6, 6.07) is 9.58. The molecule has 4 nitrogen and oxygen atoms in total. The normalized spacial score (nSPS) is 11.8. The summed E-state index contributed by atoms with van der Waals surface area (Å²) in [5.74, 6) is -0.280. The topological polar surface area (TPSA) is 45.2 Å². The molecule has 5 heteroatoms. The van der Waals surface area contributed by atoms with Crippen LogP contribution in [-0.2, 0) is 6.54 Å². The third-order valence-corrected chi connectivity index (χ3v) is 3.23. The number of carbonyl (C=O) groups is 1. The monoisotopic (exact) mass is 287 g/mol. The Morgan fingerprint density at radius 2 is 1.86 bits per heavy atom. The highest BCUT2D eigenvalue weighted by molar-refractivity contribution is 5.74. The second-order valence-electron chi connectivity index (χ2n) is 4.93. The van der Waals surface area contributed by atoms with Crippen LogP contribution in [-0.4, -0.2) is 23.0 Å². The lowest BCUT2D eigenvalue weighted by atomic mass is 10.1. The van der Waals surface area contributed by atoms with Crippen LogP contribution in [0.3, 0.4) is 0 Å². The average Bonchev–Trinajstić information content (AvgIpc) is 2.50. The predicted molar refractivity (Wildman–Crippen MR) is 79.1 cm³/mol. The number of nitrogens with one attached hydrogen (secondary N) is 1. The van der Waals surface area contributed by atoms with E-state index < -0.39 is 0 Å². The third-order valence-electron chi connectivity index (χ3n) is 3.23. The Kier molecular flexibility index (Phi) is 4.87. The van der Waals surface area contributed by atoms with E-state index in [9.17, 15) is 9.18 Å². The molecular formula is C16H18FN3O. The van der Waals surface area contributed by atoms with Gasteiger partial charge in [-0.25, -0.2) is 9.18 Å². The maximum absolute atomic E-state index is 12.8. The van der Waals surface area contributed by atoms with Gasteiger partial charge in [0, 0.05) is 26.0 Å². The van der Waals surface area contributed by atoms with Crippen LogP contribution in [0.2, 0.25) is 0 Å². The summed E-state index contributed by atoms with van der Waals surface area (Å²) in [5.41, 5.74) is 1.87. The van der Waals surface area contributed by atoms with E-state index in [2.05, 4.69) is 10.3 Å². The smallest absolute Gasteiger partial charge is 0.317 e. The van der Waals surface area contributed by atoms with Crippen LogP contribution in [0.25, 0.3) is 0 Å². The highest BCUT2D eigenvalue weighted by atomic mass is 19.1. The molecule has 0 bridgehead atoms. The Balaban J connectivity index is 1.92. The Morgan fingerprint density at radius 3 is 2.48 bits per heavy atom. The zero-order valence-electron chi connectivity index (χ0n) is 12.1. The number of amides is 2. The van der Waals surface area contributed by atoms with Crippen molar-refractivity contribution < 1.29 is 9.18 Å². The van der Waals surface area contributed by atoms with E-state index >= 15 is 0 Å². The fourth-order valence-corrected chi connectivity index (χ4v) is 1.97. The number of aromatic nitrogens is 1. The quantitative estimate of drug-likeness (QED) is 0.939. The van der Waals surface area contributed by atoms with Crippen molar-refractivity contribution in [2.45, 2.75) is 19.5 Å². The van der Waals surface area contributed by atoms with E-state index in [4.69, 9.17) is 0 Å². The van der Waals surface area contributed by atoms with Crippen molar-refractivity contribution in [2.75, 3.05) is 7.05 Å². The van der Waals surface area contributed by atoms with Crippen molar-refractivity contribution in [3.8, 4) is 0 Å². The molecule has 1 unspecified atom stereocenters. The zero-order valence-corrected chi connectivity index (χ0v) is 12.1. The van der Waals surface area contributed by atoms with Crippen LogP contribution in [0.15, 0.2) is 48.8 Å². The van der Waals surface area contributed by atoms with E-state index in [1.54, 1.807) is 36.5 Å². The molecular weight excluding hydrogens is 269 g/mol. The van der Waals surface area contributed by atoms with Crippen molar-refractivity contribution in [2.24, 2.45) is 0 Å². The van der Waals surface area contributed by atoms with Crippen LogP contribution in [0.4, 0.5) is 9.18 Å². The van der Waals surface area contributed by atoms with Gasteiger partial charge >= 0.3 is 6.03 Å². The molecule has 0 aliphatic carbocycles. The molecule has 2 amide bonds. The minimum atomic E-state index is -0.280. The molecule has 0 fully saturated rings. The summed E-state index contributed by atoms with van der Waals surface area (Å²) < 4.78 is 12.8. The van der Waals surface area contributed by atoms with Crippen molar-refractivity contribution in [3.63, 3.8) is 0 Å². The molecule has 0 aliphatic heterocycles. The van der Waals surface area contributed by atoms with E-state index in [-0.39, 0.29) is 17.9 Å². The lowest BCUT2D eigenvalue weighted by Gasteiger charge is -2.21. The van der Waals surface area contributed by atoms with Gasteiger partial charge in [-0.2, -0.15) is 0 Å². The summed E-state index contributed by atoms with van der Waals surface area (Å²) in [6.45, 7) is 2.34. The zero-order chi connectivity index (χ0) is 15.2. The highest BCUT2D eigenvalue weighted by Gasteiger charge is 2.13. The minimum Gasteiger partial charge on any atom is -0.331 e. The van der Waals surface area contributed by atoms with E-state index in [0.717, 1.165) is 11.1 Å². The Morgan fingerprint density at radius 1 is 1.24 bits per heavy atom. The van der Waals surface area contributed by atoms with Gasteiger partial charge in [-0.15, -0.1) is 0 Å². The van der Waals surface area contributed by atoms with Crippen molar-refractivity contribution >= 4 is 6.03 Å². The largest absolute Gasteiger partial charge is 0.331 e. The molecule has 21 heavy (non-hydrogen) atoms. The first-order valence-electron chi connectivity index (χ1n) is 6.72. The second-order valence-corrected chi connectivity index (χ2v) is 4.93. The van der Waals surface area contributed by atoms with Gasteiger partial charge in [0.15, 0.2) is 0 Å². The molecule has 0 aliphatic rings. The lowest BCUT2D eigenvalue weighted by Crippen LogP contribution is -2.38. The lowest BCUT2D eigenvalue weighted by molar-refractivity contribution is 0.203. The predicted octanol–water partition coefficient (Wildman–Crippen LogP) is 3.12. The molecule has 1 aromatic heterocycles. The SMILES string of the molecule is CC(NC(=O)N(C)Cc1ccc(F)cc1)c1ccncc1. The van der Waals surface area contributed by atoms with Gasteiger partial charge in [0.2, 0.25) is 0 Å². The summed E-state index contributed by atoms with van der Waals surface area (Å²) >= 11 is 0. The molecule has 2 rings (SSSR count). The summed E-state index contributed by atoms with van der Waals surface area (Å²) in [6.07, 6.45) is 3.39. The maximum Gasteiger partial charge on any atom is 0.317 e. The first kappa shape index (κ1) is 15.0. The number of carbonyl (C=O) groups excluding carboxylic acids is 1. The van der Waals surface area contributed by atoms with Gasteiger partial charge in [-0.1, -0.05) is 12.1 Å². The molecule has 0 saturated carbocycles. The third kappa shape index (κ3) is 4.27. The van der Waals surface area contributed by atoms with Crippen molar-refractivity contribution in [1.29, 1.82) is 0 Å². The number of hydrogen-bond acceptors (Lipinski definition) is 2. The maximum atomic E-state index is 12.8. The molecule has 0 radical (unpaired) electrons. The van der Waals surface area contributed by atoms with Crippen LogP contribution >= 0.6 is 0 Å². The fraction of sp³-hybridized carbons (Fsp3) is 0.250. The molecule has 1 aromatic carbocycles. The molecule has 1 heterocycles. The van der Waals surface area contributed by atoms with Crippen LogP contribution in [0, 0.1) is 5.82 Å². The molecule has 110 valence electrons. The number of hydrogen-bond donors (Lipinski definition) is 1. The first-order valence-corrected chi connectivity index (χ1v) is 6.72. The summed E-state index contributed by atoms with van der Waals surface area (Å²) in [7, 11) is 1.71. The number of pyridine rings is 1. The number of nitrogens with zero attached hydrogens (tertiary/aromatic N) is 2. The Hall–Kier alpha value is -2.43. The minimum absolute atomic E-state index is 0.101. The molecule has 2 aromatic rings. The number of benzene rings is 1. The molecule has 1 atom stereocenters. The molecule has 0 saturated heterocycles.